The second kappa shape index (κ2) is 7.34. The Balaban J connectivity index is 1.60. The molecule has 2 heterocycles. The van der Waals surface area contributed by atoms with Gasteiger partial charge in [0.2, 0.25) is 5.91 Å². The lowest BCUT2D eigenvalue weighted by molar-refractivity contribution is -0.116. The van der Waals surface area contributed by atoms with Crippen LogP contribution in [0.1, 0.15) is 0 Å². The molecule has 4 aromatic rings. The summed E-state index contributed by atoms with van der Waals surface area (Å²) >= 11 is 7.37. The van der Waals surface area contributed by atoms with E-state index in [1.54, 1.807) is 24.3 Å². The molecule has 0 bridgehead atoms. The summed E-state index contributed by atoms with van der Waals surface area (Å²) in [6.07, 6.45) is 1.41. The zero-order valence-electron chi connectivity index (χ0n) is 14.1. The van der Waals surface area contributed by atoms with Crippen LogP contribution in [0.5, 0.6) is 0 Å². The number of aromatic nitrogens is 2. The van der Waals surface area contributed by atoms with Crippen molar-refractivity contribution in [1.29, 1.82) is 0 Å². The molecule has 7 heteroatoms. The quantitative estimate of drug-likeness (QED) is 0.556. The zero-order chi connectivity index (χ0) is 18.8. The predicted octanol–water partition coefficient (Wildman–Crippen LogP) is 4.42. The van der Waals surface area contributed by atoms with Gasteiger partial charge in [0.1, 0.15) is 11.4 Å². The summed E-state index contributed by atoms with van der Waals surface area (Å²) in [5, 5.41) is 3.77. The molecule has 134 valence electrons. The summed E-state index contributed by atoms with van der Waals surface area (Å²) in [6, 6.07) is 18.5. The molecule has 27 heavy (non-hydrogen) atoms. The number of amides is 1. The van der Waals surface area contributed by atoms with E-state index in [0.29, 0.717) is 20.9 Å². The molecule has 2 aromatic carbocycles. The number of nitrogens with zero attached hydrogens (tertiary/aromatic N) is 2. The van der Waals surface area contributed by atoms with Crippen molar-refractivity contribution in [2.45, 2.75) is 6.54 Å². The number of hydrogen-bond acceptors (Lipinski definition) is 4. The molecule has 0 fully saturated rings. The van der Waals surface area contributed by atoms with Crippen LogP contribution < -0.4 is 10.9 Å². The lowest BCUT2D eigenvalue weighted by Gasteiger charge is -2.07. The summed E-state index contributed by atoms with van der Waals surface area (Å²) in [5.74, 6) is -0.320. The third-order valence-electron chi connectivity index (χ3n) is 4.00. The van der Waals surface area contributed by atoms with Gasteiger partial charge in [0.05, 0.1) is 11.7 Å². The van der Waals surface area contributed by atoms with E-state index in [-0.39, 0.29) is 18.0 Å². The molecule has 0 aliphatic carbocycles. The molecule has 2 aromatic heterocycles. The maximum absolute atomic E-state index is 12.7. The van der Waals surface area contributed by atoms with E-state index in [2.05, 4.69) is 10.3 Å². The number of halogens is 1. The Kier molecular flexibility index (Phi) is 4.75. The topological polar surface area (TPSA) is 64.0 Å². The number of carbonyl (C=O) groups excluding carboxylic acids is 1. The van der Waals surface area contributed by atoms with Gasteiger partial charge in [0.15, 0.2) is 0 Å². The van der Waals surface area contributed by atoms with Gasteiger partial charge in [-0.25, -0.2) is 4.98 Å². The number of rotatable bonds is 4. The molecule has 1 N–H and O–H groups in total. The van der Waals surface area contributed by atoms with E-state index in [0.717, 1.165) is 10.4 Å². The Morgan fingerprint density at radius 2 is 1.93 bits per heavy atom. The molecule has 0 radical (unpaired) electrons. The van der Waals surface area contributed by atoms with Crippen LogP contribution in [0.2, 0.25) is 5.02 Å². The van der Waals surface area contributed by atoms with E-state index in [1.165, 1.54) is 22.2 Å². The Labute approximate surface area is 163 Å². The average Bonchev–Trinajstić information content (AvgIpc) is 3.10. The van der Waals surface area contributed by atoms with Crippen molar-refractivity contribution in [3.05, 3.63) is 82.4 Å². The Morgan fingerprint density at radius 1 is 1.11 bits per heavy atom. The molecule has 0 unspecified atom stereocenters. The van der Waals surface area contributed by atoms with Crippen LogP contribution >= 0.6 is 22.9 Å². The minimum atomic E-state index is -0.320. The molecule has 0 aliphatic heterocycles. The highest BCUT2D eigenvalue weighted by Gasteiger charge is 2.12. The molecule has 5 nitrogen and oxygen atoms in total. The molecule has 4 rings (SSSR count). The Hall–Kier alpha value is -2.96. The van der Waals surface area contributed by atoms with E-state index in [9.17, 15) is 9.59 Å². The smallest absolute Gasteiger partial charge is 0.262 e. The highest BCUT2D eigenvalue weighted by atomic mass is 35.5. The molecule has 0 saturated carbocycles. The van der Waals surface area contributed by atoms with Gasteiger partial charge < -0.3 is 5.32 Å². The van der Waals surface area contributed by atoms with E-state index >= 15 is 0 Å². The second-order valence-corrected chi connectivity index (χ2v) is 7.40. The van der Waals surface area contributed by atoms with Crippen LogP contribution in [0.25, 0.3) is 20.7 Å². The third-order valence-corrected chi connectivity index (χ3v) is 5.33. The first-order chi connectivity index (χ1) is 13.1. The fourth-order valence-corrected chi connectivity index (χ4v) is 3.92. The lowest BCUT2D eigenvalue weighted by atomic mass is 10.2. The molecular formula is C20H14ClN3O2S. The number of nitrogens with one attached hydrogen (secondary N) is 1. The van der Waals surface area contributed by atoms with Gasteiger partial charge in [-0.15, -0.1) is 11.3 Å². The molecule has 0 spiro atoms. The number of anilines is 1. The first-order valence-electron chi connectivity index (χ1n) is 8.20. The van der Waals surface area contributed by atoms with Crippen LogP contribution in [0.4, 0.5) is 5.69 Å². The number of benzene rings is 2. The van der Waals surface area contributed by atoms with Crippen LogP contribution in [0.3, 0.4) is 0 Å². The van der Waals surface area contributed by atoms with E-state index in [4.69, 9.17) is 11.6 Å². The van der Waals surface area contributed by atoms with Crippen LogP contribution in [-0.2, 0) is 11.3 Å². The SMILES string of the molecule is O=C(Cn1cnc2sc(-c3ccccc3)cc2c1=O)Nc1cccc(Cl)c1. The Morgan fingerprint density at radius 3 is 2.70 bits per heavy atom. The highest BCUT2D eigenvalue weighted by molar-refractivity contribution is 7.21. The van der Waals surface area contributed by atoms with Crippen molar-refractivity contribution >= 4 is 44.7 Å². The molecular weight excluding hydrogens is 382 g/mol. The minimum absolute atomic E-state index is 0.120. The van der Waals surface area contributed by atoms with Crippen molar-refractivity contribution in [3.63, 3.8) is 0 Å². The van der Waals surface area contributed by atoms with E-state index in [1.807, 2.05) is 36.4 Å². The zero-order valence-corrected chi connectivity index (χ0v) is 15.6. The average molecular weight is 396 g/mol. The maximum atomic E-state index is 12.7. The normalized spacial score (nSPS) is 10.9. The fraction of sp³-hybridized carbons (Fsp3) is 0.0500. The van der Waals surface area contributed by atoms with Gasteiger partial charge in [-0.05, 0) is 29.8 Å². The maximum Gasteiger partial charge on any atom is 0.262 e. The van der Waals surface area contributed by atoms with Crippen molar-refractivity contribution < 1.29 is 4.79 Å². The largest absolute Gasteiger partial charge is 0.324 e. The number of fused-ring (bicyclic) bond motifs is 1. The van der Waals surface area contributed by atoms with Crippen molar-refractivity contribution in [2.75, 3.05) is 5.32 Å². The first-order valence-corrected chi connectivity index (χ1v) is 9.39. The van der Waals surface area contributed by atoms with Crippen LogP contribution in [0.15, 0.2) is 71.8 Å². The summed E-state index contributed by atoms with van der Waals surface area (Å²) in [7, 11) is 0. The third kappa shape index (κ3) is 3.77. The standard InChI is InChI=1S/C20H14ClN3O2S/c21-14-7-4-8-15(9-14)23-18(25)11-24-12-22-19-16(20(24)26)10-17(27-19)13-5-2-1-3-6-13/h1-10,12H,11H2,(H,23,25). The monoisotopic (exact) mass is 395 g/mol. The first kappa shape index (κ1) is 17.5. The highest BCUT2D eigenvalue weighted by Crippen LogP contribution is 2.30. The van der Waals surface area contributed by atoms with Crippen molar-refractivity contribution in [3.8, 4) is 10.4 Å². The van der Waals surface area contributed by atoms with Crippen LogP contribution in [-0.4, -0.2) is 15.5 Å². The van der Waals surface area contributed by atoms with Gasteiger partial charge in [-0.2, -0.15) is 0 Å². The number of carbonyl (C=O) groups is 1. The van der Waals surface area contributed by atoms with Gasteiger partial charge in [-0.3, -0.25) is 14.2 Å². The van der Waals surface area contributed by atoms with Gasteiger partial charge in [-0.1, -0.05) is 48.0 Å². The van der Waals surface area contributed by atoms with Crippen molar-refractivity contribution in [1.82, 2.24) is 9.55 Å². The van der Waals surface area contributed by atoms with E-state index < -0.39 is 0 Å². The number of thiophene rings is 1. The van der Waals surface area contributed by atoms with Gasteiger partial charge in [0, 0.05) is 15.6 Å². The second-order valence-electron chi connectivity index (χ2n) is 5.93. The molecule has 0 aliphatic rings. The summed E-state index contributed by atoms with van der Waals surface area (Å²) in [4.78, 5) is 31.0. The fourth-order valence-electron chi connectivity index (χ4n) is 2.74. The Bertz CT molecular complexity index is 1180. The molecule has 0 atom stereocenters. The molecule has 1 amide bonds. The van der Waals surface area contributed by atoms with Gasteiger partial charge in [0.25, 0.3) is 5.56 Å². The summed E-state index contributed by atoms with van der Waals surface area (Å²) in [6.45, 7) is -0.120. The lowest BCUT2D eigenvalue weighted by Crippen LogP contribution is -2.27. The predicted molar refractivity (Wildman–Crippen MR) is 109 cm³/mol. The van der Waals surface area contributed by atoms with Gasteiger partial charge >= 0.3 is 0 Å². The van der Waals surface area contributed by atoms with Crippen LogP contribution in [0, 0.1) is 0 Å². The molecule has 0 saturated heterocycles. The summed E-state index contributed by atoms with van der Waals surface area (Å²) < 4.78 is 1.31. The number of hydrogen-bond donors (Lipinski definition) is 1. The minimum Gasteiger partial charge on any atom is -0.324 e. The van der Waals surface area contributed by atoms with Crippen molar-refractivity contribution in [2.24, 2.45) is 0 Å². The summed E-state index contributed by atoms with van der Waals surface area (Å²) in [5.41, 5.74) is 1.38.